The van der Waals surface area contributed by atoms with Gasteiger partial charge in [-0.1, -0.05) is 32.0 Å². The van der Waals surface area contributed by atoms with Crippen molar-refractivity contribution in [2.45, 2.75) is 40.3 Å². The van der Waals surface area contributed by atoms with Crippen molar-refractivity contribution in [3.63, 3.8) is 0 Å². The molecule has 0 saturated carbocycles. The smallest absolute Gasteiger partial charge is 0.276 e. The summed E-state index contributed by atoms with van der Waals surface area (Å²) in [5.41, 5.74) is 3.37. The zero-order chi connectivity index (χ0) is 26.5. The second kappa shape index (κ2) is 10.9. The van der Waals surface area contributed by atoms with Crippen molar-refractivity contribution in [1.82, 2.24) is 9.78 Å². The molecule has 3 aromatic carbocycles. The van der Waals surface area contributed by atoms with Gasteiger partial charge in [0.05, 0.1) is 16.7 Å². The van der Waals surface area contributed by atoms with E-state index in [0.717, 1.165) is 11.1 Å². The second-order valence-corrected chi connectivity index (χ2v) is 9.09. The second-order valence-electron chi connectivity index (χ2n) is 9.09. The first-order valence-corrected chi connectivity index (χ1v) is 11.8. The molecule has 37 heavy (non-hydrogen) atoms. The van der Waals surface area contributed by atoms with E-state index >= 15 is 0 Å². The highest BCUT2D eigenvalue weighted by molar-refractivity contribution is 6.03. The summed E-state index contributed by atoms with van der Waals surface area (Å²) in [7, 11) is 0. The molecular formula is C28H28N4O5. The first kappa shape index (κ1) is 25.4. The van der Waals surface area contributed by atoms with Gasteiger partial charge in [-0.05, 0) is 66.8 Å². The minimum absolute atomic E-state index is 0.124. The quantitative estimate of drug-likeness (QED) is 0.205. The van der Waals surface area contributed by atoms with Gasteiger partial charge in [0.15, 0.2) is 12.4 Å². The van der Waals surface area contributed by atoms with E-state index in [-0.39, 0.29) is 29.5 Å². The number of rotatable bonds is 9. The van der Waals surface area contributed by atoms with E-state index in [1.54, 1.807) is 12.3 Å². The lowest BCUT2D eigenvalue weighted by molar-refractivity contribution is -0.384. The molecule has 9 heteroatoms. The van der Waals surface area contributed by atoms with E-state index in [2.05, 4.69) is 24.3 Å². The number of benzene rings is 3. The summed E-state index contributed by atoms with van der Waals surface area (Å²) < 4.78 is 13.1. The lowest BCUT2D eigenvalue weighted by atomic mass is 10.0. The minimum Gasteiger partial charge on any atom is -0.471 e. The van der Waals surface area contributed by atoms with Crippen LogP contribution in [0.3, 0.4) is 0 Å². The Kier molecular flexibility index (Phi) is 7.52. The Hall–Kier alpha value is -4.66. The molecule has 0 bridgehead atoms. The van der Waals surface area contributed by atoms with Crippen LogP contribution < -0.4 is 14.8 Å². The Bertz CT molecular complexity index is 1410. The van der Waals surface area contributed by atoms with E-state index < -0.39 is 10.8 Å². The van der Waals surface area contributed by atoms with Crippen molar-refractivity contribution < 1.29 is 19.2 Å². The fourth-order valence-electron chi connectivity index (χ4n) is 3.79. The van der Waals surface area contributed by atoms with Crippen molar-refractivity contribution in [3.8, 4) is 17.2 Å². The summed E-state index contributed by atoms with van der Waals surface area (Å²) >= 11 is 0. The Morgan fingerprint density at radius 1 is 0.973 bits per heavy atom. The molecule has 0 aliphatic carbocycles. The largest absolute Gasteiger partial charge is 0.471 e. The first-order chi connectivity index (χ1) is 17.7. The maximum Gasteiger partial charge on any atom is 0.276 e. The molecule has 0 radical (unpaired) electrons. The summed E-state index contributed by atoms with van der Waals surface area (Å²) in [4.78, 5) is 23.7. The number of non-ortho nitro benzene ring substituents is 1. The van der Waals surface area contributed by atoms with Crippen LogP contribution in [-0.4, -0.2) is 20.6 Å². The van der Waals surface area contributed by atoms with E-state index in [4.69, 9.17) is 9.47 Å². The third-order valence-corrected chi connectivity index (χ3v) is 5.57. The highest BCUT2D eigenvalue weighted by atomic mass is 16.6. The van der Waals surface area contributed by atoms with Crippen LogP contribution in [0.4, 0.5) is 11.4 Å². The van der Waals surface area contributed by atoms with E-state index in [9.17, 15) is 14.9 Å². The van der Waals surface area contributed by atoms with Gasteiger partial charge in [0.2, 0.25) is 0 Å². The average Bonchev–Trinajstić information content (AvgIpc) is 3.31. The number of hydrogen-bond donors (Lipinski definition) is 1. The number of nitrogens with zero attached hydrogens (tertiary/aromatic N) is 3. The normalized spacial score (nSPS) is 10.8. The number of hydrogen-bond acceptors (Lipinski definition) is 6. The van der Waals surface area contributed by atoms with Gasteiger partial charge in [-0.15, -0.1) is 0 Å². The Labute approximate surface area is 214 Å². The van der Waals surface area contributed by atoms with Crippen molar-refractivity contribution in [3.05, 3.63) is 105 Å². The molecule has 0 fully saturated rings. The molecule has 1 heterocycles. The monoisotopic (exact) mass is 500 g/mol. The number of nitrogens with one attached hydrogen (secondary N) is 1. The van der Waals surface area contributed by atoms with Crippen LogP contribution in [-0.2, 0) is 6.73 Å². The molecule has 0 aliphatic heterocycles. The highest BCUT2D eigenvalue weighted by Gasteiger charge is 2.16. The number of anilines is 1. The van der Waals surface area contributed by atoms with Gasteiger partial charge in [0.1, 0.15) is 17.2 Å². The lowest BCUT2D eigenvalue weighted by Gasteiger charge is -2.10. The summed E-state index contributed by atoms with van der Waals surface area (Å²) in [6.07, 6.45) is 1.62. The summed E-state index contributed by atoms with van der Waals surface area (Å²) in [5.74, 6) is 1.39. The van der Waals surface area contributed by atoms with Gasteiger partial charge in [0.25, 0.3) is 11.6 Å². The number of nitro benzene ring substituents is 1. The van der Waals surface area contributed by atoms with Gasteiger partial charge in [-0.3, -0.25) is 14.9 Å². The third-order valence-electron chi connectivity index (χ3n) is 5.57. The van der Waals surface area contributed by atoms with Crippen LogP contribution >= 0.6 is 0 Å². The predicted molar refractivity (Wildman–Crippen MR) is 140 cm³/mol. The number of aryl methyl sites for hydroxylation is 2. The molecule has 1 amide bonds. The first-order valence-electron chi connectivity index (χ1n) is 11.8. The van der Waals surface area contributed by atoms with Gasteiger partial charge in [0, 0.05) is 18.3 Å². The predicted octanol–water partition coefficient (Wildman–Crippen LogP) is 6.61. The number of ether oxygens (including phenoxy) is 2. The maximum atomic E-state index is 12.8. The number of amides is 1. The molecule has 0 spiro atoms. The Balaban J connectivity index is 1.44. The van der Waals surface area contributed by atoms with Crippen LogP contribution in [0.25, 0.3) is 0 Å². The highest BCUT2D eigenvalue weighted by Crippen LogP contribution is 2.31. The van der Waals surface area contributed by atoms with Gasteiger partial charge in [-0.25, -0.2) is 4.68 Å². The van der Waals surface area contributed by atoms with Crippen LogP contribution in [0.5, 0.6) is 17.2 Å². The van der Waals surface area contributed by atoms with Crippen LogP contribution in [0.15, 0.2) is 72.9 Å². The van der Waals surface area contributed by atoms with Gasteiger partial charge < -0.3 is 14.8 Å². The SMILES string of the molecule is Cc1cc(C)cc(Oc2cc(NC(=O)c3ccn(COc4ccc(C(C)C)cc4)n3)cc([N+](=O)[O-])c2)c1. The van der Waals surface area contributed by atoms with Gasteiger partial charge >= 0.3 is 0 Å². The maximum absolute atomic E-state index is 12.8. The lowest BCUT2D eigenvalue weighted by Crippen LogP contribution is -2.14. The fraction of sp³-hybridized carbons (Fsp3) is 0.214. The van der Waals surface area contributed by atoms with E-state index in [0.29, 0.717) is 17.4 Å². The number of aromatic nitrogens is 2. The van der Waals surface area contributed by atoms with Gasteiger partial charge in [-0.2, -0.15) is 5.10 Å². The van der Waals surface area contributed by atoms with Crippen molar-refractivity contribution >= 4 is 17.3 Å². The van der Waals surface area contributed by atoms with Crippen LogP contribution in [0.2, 0.25) is 0 Å². The molecular weight excluding hydrogens is 472 g/mol. The molecule has 0 atom stereocenters. The molecule has 4 aromatic rings. The van der Waals surface area contributed by atoms with Crippen LogP contribution in [0, 0.1) is 24.0 Å². The van der Waals surface area contributed by atoms with E-state index in [1.165, 1.54) is 28.4 Å². The number of nitro groups is 1. The average molecular weight is 501 g/mol. The summed E-state index contributed by atoms with van der Waals surface area (Å²) in [6.45, 7) is 8.24. The molecule has 9 nitrogen and oxygen atoms in total. The summed E-state index contributed by atoms with van der Waals surface area (Å²) in [5, 5.41) is 18.4. The van der Waals surface area contributed by atoms with Crippen molar-refractivity contribution in [1.29, 1.82) is 0 Å². The number of carbonyl (C=O) groups is 1. The minimum atomic E-state index is -0.538. The third kappa shape index (κ3) is 6.72. The van der Waals surface area contributed by atoms with Crippen molar-refractivity contribution in [2.24, 2.45) is 0 Å². The van der Waals surface area contributed by atoms with E-state index in [1.807, 2.05) is 56.3 Å². The van der Waals surface area contributed by atoms with Crippen LogP contribution in [0.1, 0.15) is 46.9 Å². The molecule has 0 aliphatic rings. The molecule has 0 saturated heterocycles. The molecule has 1 aromatic heterocycles. The zero-order valence-electron chi connectivity index (χ0n) is 21.1. The molecule has 4 rings (SSSR count). The molecule has 190 valence electrons. The molecule has 1 N–H and O–H groups in total. The number of carbonyl (C=O) groups excluding carboxylic acids is 1. The molecule has 0 unspecified atom stereocenters. The standard InChI is InChI=1S/C28H28N4O5/c1-18(2)21-5-7-24(8-6-21)36-17-31-10-9-27(30-31)28(33)29-22-14-23(32(34)35)16-26(15-22)37-25-12-19(3)11-20(4)13-25/h5-16,18H,17H2,1-4H3,(H,29,33). The van der Waals surface area contributed by atoms with Crippen molar-refractivity contribution in [2.75, 3.05) is 5.32 Å². The zero-order valence-corrected chi connectivity index (χ0v) is 21.1. The Morgan fingerprint density at radius 2 is 1.65 bits per heavy atom. The topological polar surface area (TPSA) is 109 Å². The Morgan fingerprint density at radius 3 is 2.30 bits per heavy atom. The fourth-order valence-corrected chi connectivity index (χ4v) is 3.79. The summed E-state index contributed by atoms with van der Waals surface area (Å²) in [6, 6.07) is 19.1.